The zero-order valence-corrected chi connectivity index (χ0v) is 11.5. The average Bonchev–Trinajstić information content (AvgIpc) is 2.67. The van der Waals surface area contributed by atoms with Gasteiger partial charge in [-0.3, -0.25) is 9.59 Å². The first-order valence-electron chi connectivity index (χ1n) is 7.04. The van der Waals surface area contributed by atoms with E-state index < -0.39 is 0 Å². The smallest absolute Gasteiger partial charge is 0.227 e. The third-order valence-corrected chi connectivity index (χ3v) is 4.17. The van der Waals surface area contributed by atoms with Crippen LogP contribution in [0.5, 0.6) is 0 Å². The van der Waals surface area contributed by atoms with Crippen molar-refractivity contribution >= 4 is 17.4 Å². The Bertz CT molecular complexity index is 548. The number of Topliss-reactive ketones (excluding diaryl/α,β-unsaturated/α-hetero) is 1. The summed E-state index contributed by atoms with van der Waals surface area (Å²) < 4.78 is 0. The van der Waals surface area contributed by atoms with Crippen molar-refractivity contribution in [2.45, 2.75) is 39.0 Å². The zero-order valence-electron chi connectivity index (χ0n) is 11.5. The monoisotopic (exact) mass is 257 g/mol. The number of ketones is 1. The maximum absolute atomic E-state index is 12.3. The van der Waals surface area contributed by atoms with E-state index in [4.69, 9.17) is 0 Å². The van der Waals surface area contributed by atoms with E-state index >= 15 is 0 Å². The summed E-state index contributed by atoms with van der Waals surface area (Å²) in [6.07, 6.45) is 2.00. The fourth-order valence-corrected chi connectivity index (χ4v) is 3.16. The molecule has 19 heavy (non-hydrogen) atoms. The zero-order chi connectivity index (χ0) is 13.6. The van der Waals surface area contributed by atoms with E-state index in [2.05, 4.69) is 13.8 Å². The number of carbonyl (C=O) groups is 2. The molecular formula is C16H19NO2. The molecule has 0 radical (unpaired) electrons. The number of hydrogen-bond acceptors (Lipinski definition) is 2. The lowest BCUT2D eigenvalue weighted by atomic mass is 9.91. The summed E-state index contributed by atoms with van der Waals surface area (Å²) in [6, 6.07) is 5.79. The molecule has 1 heterocycles. The fourth-order valence-electron chi connectivity index (χ4n) is 3.16. The molecule has 3 rings (SSSR count). The lowest BCUT2D eigenvalue weighted by Gasteiger charge is -2.32. The molecule has 100 valence electrons. The Morgan fingerprint density at radius 2 is 2.05 bits per heavy atom. The second-order valence-electron chi connectivity index (χ2n) is 5.99. The van der Waals surface area contributed by atoms with E-state index in [1.165, 1.54) is 0 Å². The third kappa shape index (κ3) is 1.97. The molecule has 0 bridgehead atoms. The Labute approximate surface area is 113 Å². The second-order valence-corrected chi connectivity index (χ2v) is 5.99. The van der Waals surface area contributed by atoms with Crippen LogP contribution in [0.15, 0.2) is 18.2 Å². The molecule has 0 fully saturated rings. The van der Waals surface area contributed by atoms with Crippen LogP contribution in [0, 0.1) is 5.92 Å². The van der Waals surface area contributed by atoms with Gasteiger partial charge in [0.2, 0.25) is 5.91 Å². The van der Waals surface area contributed by atoms with E-state index in [1.807, 2.05) is 23.1 Å². The minimum absolute atomic E-state index is 0.126. The van der Waals surface area contributed by atoms with Crippen LogP contribution in [0.2, 0.25) is 0 Å². The Kier molecular flexibility index (Phi) is 2.92. The Morgan fingerprint density at radius 3 is 2.79 bits per heavy atom. The van der Waals surface area contributed by atoms with E-state index in [1.54, 1.807) is 0 Å². The Balaban J connectivity index is 2.00. The third-order valence-electron chi connectivity index (χ3n) is 4.17. The van der Waals surface area contributed by atoms with Crippen LogP contribution in [0.25, 0.3) is 0 Å². The average molecular weight is 257 g/mol. The van der Waals surface area contributed by atoms with Crippen LogP contribution in [-0.2, 0) is 4.79 Å². The minimum Gasteiger partial charge on any atom is -0.312 e. The molecule has 1 unspecified atom stereocenters. The van der Waals surface area contributed by atoms with Crippen molar-refractivity contribution in [2.75, 3.05) is 11.4 Å². The Hall–Kier alpha value is -1.64. The number of hydrogen-bond donors (Lipinski definition) is 0. The summed E-state index contributed by atoms with van der Waals surface area (Å²) in [6.45, 7) is 5.08. The van der Waals surface area contributed by atoms with E-state index in [0.717, 1.165) is 29.8 Å². The lowest BCUT2D eigenvalue weighted by Crippen LogP contribution is -2.37. The highest BCUT2D eigenvalue weighted by Crippen LogP contribution is 2.45. The van der Waals surface area contributed by atoms with Crippen LogP contribution in [-0.4, -0.2) is 18.2 Å². The Morgan fingerprint density at radius 1 is 1.26 bits per heavy atom. The molecule has 0 saturated carbocycles. The highest BCUT2D eigenvalue weighted by atomic mass is 16.2. The van der Waals surface area contributed by atoms with Gasteiger partial charge in [-0.15, -0.1) is 0 Å². The molecule has 1 amide bonds. The minimum atomic E-state index is 0.126. The molecular weight excluding hydrogens is 238 g/mol. The molecule has 0 spiro atoms. The van der Waals surface area contributed by atoms with Gasteiger partial charge < -0.3 is 4.90 Å². The van der Waals surface area contributed by atoms with Crippen LogP contribution in [0.1, 0.15) is 54.9 Å². The van der Waals surface area contributed by atoms with E-state index in [9.17, 15) is 9.59 Å². The number of amides is 1. The van der Waals surface area contributed by atoms with Crippen molar-refractivity contribution in [1.29, 1.82) is 0 Å². The highest BCUT2D eigenvalue weighted by Gasteiger charge is 2.39. The van der Waals surface area contributed by atoms with Crippen LogP contribution in [0.3, 0.4) is 0 Å². The second kappa shape index (κ2) is 4.48. The van der Waals surface area contributed by atoms with Crippen molar-refractivity contribution in [3.05, 3.63) is 29.3 Å². The predicted octanol–water partition coefficient (Wildman–Crippen LogP) is 3.14. The van der Waals surface area contributed by atoms with Gasteiger partial charge in [-0.2, -0.15) is 0 Å². The molecule has 0 aromatic heterocycles. The van der Waals surface area contributed by atoms with Crippen LogP contribution < -0.4 is 4.90 Å². The van der Waals surface area contributed by atoms with Crippen molar-refractivity contribution in [2.24, 2.45) is 5.92 Å². The van der Waals surface area contributed by atoms with Gasteiger partial charge in [0.1, 0.15) is 0 Å². The van der Waals surface area contributed by atoms with Crippen LogP contribution >= 0.6 is 0 Å². The standard InChI is InChI=1S/C16H19NO2/c1-10(2)6-7-17-13-5-3-4-12-14(18)8-11(16(12)13)9-15(17)19/h3-5,10-11H,6-9H2,1-2H3. The van der Waals surface area contributed by atoms with Gasteiger partial charge in [-0.25, -0.2) is 0 Å². The molecule has 3 nitrogen and oxygen atoms in total. The number of nitrogens with zero attached hydrogens (tertiary/aromatic N) is 1. The van der Waals surface area contributed by atoms with Crippen LogP contribution in [0.4, 0.5) is 5.69 Å². The summed E-state index contributed by atoms with van der Waals surface area (Å²) in [5.41, 5.74) is 2.94. The normalized spacial score (nSPS) is 21.2. The SMILES string of the molecule is CC(C)CCN1C(=O)CC2CC(=O)c3cccc1c32. The number of rotatable bonds is 3. The van der Waals surface area contributed by atoms with Gasteiger partial charge in [0.25, 0.3) is 0 Å². The maximum atomic E-state index is 12.3. The van der Waals surface area contributed by atoms with Gasteiger partial charge in [-0.1, -0.05) is 26.0 Å². The maximum Gasteiger partial charge on any atom is 0.227 e. The van der Waals surface area contributed by atoms with Gasteiger partial charge in [0, 0.05) is 36.6 Å². The summed E-state index contributed by atoms with van der Waals surface area (Å²) in [5.74, 6) is 1.07. The van der Waals surface area contributed by atoms with Crippen molar-refractivity contribution in [3.8, 4) is 0 Å². The summed E-state index contributed by atoms with van der Waals surface area (Å²) in [5, 5.41) is 0. The molecule has 0 N–H and O–H groups in total. The summed E-state index contributed by atoms with van der Waals surface area (Å²) in [4.78, 5) is 26.1. The lowest BCUT2D eigenvalue weighted by molar-refractivity contribution is -0.119. The molecule has 1 atom stereocenters. The molecule has 0 saturated heterocycles. The summed E-state index contributed by atoms with van der Waals surface area (Å²) >= 11 is 0. The number of anilines is 1. The predicted molar refractivity (Wildman–Crippen MR) is 74.6 cm³/mol. The van der Waals surface area contributed by atoms with Gasteiger partial charge >= 0.3 is 0 Å². The van der Waals surface area contributed by atoms with Crippen molar-refractivity contribution < 1.29 is 9.59 Å². The highest BCUT2D eigenvalue weighted by molar-refractivity contribution is 6.08. The fraction of sp³-hybridized carbons (Fsp3) is 0.500. The van der Waals surface area contributed by atoms with E-state index in [0.29, 0.717) is 18.8 Å². The molecule has 1 aliphatic heterocycles. The molecule has 1 aromatic carbocycles. The number of benzene rings is 1. The van der Waals surface area contributed by atoms with Gasteiger partial charge in [0.15, 0.2) is 5.78 Å². The quantitative estimate of drug-likeness (QED) is 0.834. The first-order chi connectivity index (χ1) is 9.08. The van der Waals surface area contributed by atoms with E-state index in [-0.39, 0.29) is 17.6 Å². The van der Waals surface area contributed by atoms with Gasteiger partial charge in [-0.05, 0) is 24.0 Å². The molecule has 3 heteroatoms. The largest absolute Gasteiger partial charge is 0.312 e. The molecule has 2 aliphatic rings. The van der Waals surface area contributed by atoms with Crippen molar-refractivity contribution in [1.82, 2.24) is 0 Å². The molecule has 1 aliphatic carbocycles. The topological polar surface area (TPSA) is 37.4 Å². The first kappa shape index (κ1) is 12.4. The van der Waals surface area contributed by atoms with Crippen molar-refractivity contribution in [3.63, 3.8) is 0 Å². The number of carbonyl (C=O) groups excluding carboxylic acids is 2. The molecule has 1 aromatic rings. The first-order valence-corrected chi connectivity index (χ1v) is 7.04. The summed E-state index contributed by atoms with van der Waals surface area (Å²) in [7, 11) is 0. The van der Waals surface area contributed by atoms with Gasteiger partial charge in [0.05, 0.1) is 0 Å².